The first-order valence-electron chi connectivity index (χ1n) is 5.64. The number of benzene rings is 1. The summed E-state index contributed by atoms with van der Waals surface area (Å²) in [5.74, 6) is 0.347. The molecule has 2 unspecified atom stereocenters. The molecule has 0 saturated heterocycles. The first kappa shape index (κ1) is 9.58. The Kier molecular flexibility index (Phi) is 1.90. The van der Waals surface area contributed by atoms with Crippen molar-refractivity contribution in [3.63, 3.8) is 0 Å². The Labute approximate surface area is 94.6 Å². The second-order valence-corrected chi connectivity index (χ2v) is 4.79. The highest BCUT2D eigenvalue weighted by Gasteiger charge is 2.39. The lowest BCUT2D eigenvalue weighted by atomic mass is 9.75. The largest absolute Gasteiger partial charge is 0.272 e. The number of hydrogen-bond donors (Lipinski definition) is 1. The number of amides is 1. The average molecular weight is 214 g/mol. The van der Waals surface area contributed by atoms with Crippen molar-refractivity contribution in [3.8, 4) is 0 Å². The molecule has 0 aromatic heterocycles. The molecule has 1 N–H and O–H groups in total. The van der Waals surface area contributed by atoms with E-state index < -0.39 is 0 Å². The lowest BCUT2D eigenvalue weighted by Gasteiger charge is -2.26. The number of nitrogens with one attached hydrogen (secondary N) is 1. The zero-order chi connectivity index (χ0) is 11.3. The van der Waals surface area contributed by atoms with Gasteiger partial charge in [0.15, 0.2) is 0 Å². The molecule has 1 aromatic carbocycles. The van der Waals surface area contributed by atoms with Gasteiger partial charge < -0.3 is 0 Å². The first-order chi connectivity index (χ1) is 7.66. The second-order valence-electron chi connectivity index (χ2n) is 4.79. The summed E-state index contributed by atoms with van der Waals surface area (Å²) in [4.78, 5) is 11.7. The van der Waals surface area contributed by atoms with Gasteiger partial charge in [0.25, 0.3) is 0 Å². The van der Waals surface area contributed by atoms with Crippen molar-refractivity contribution in [1.29, 1.82) is 0 Å². The summed E-state index contributed by atoms with van der Waals surface area (Å²) >= 11 is 0. The molecule has 2 aliphatic rings. The molecule has 3 heteroatoms. The van der Waals surface area contributed by atoms with Crippen LogP contribution in [0.2, 0.25) is 0 Å². The van der Waals surface area contributed by atoms with Crippen LogP contribution >= 0.6 is 0 Å². The lowest BCUT2D eigenvalue weighted by Crippen LogP contribution is -2.34. The summed E-state index contributed by atoms with van der Waals surface area (Å²) in [6.07, 6.45) is 0.966. The molecule has 3 nitrogen and oxygen atoms in total. The highest BCUT2D eigenvalue weighted by atomic mass is 16.2. The van der Waals surface area contributed by atoms with Crippen molar-refractivity contribution >= 4 is 11.6 Å². The molecule has 2 atom stereocenters. The van der Waals surface area contributed by atoms with Gasteiger partial charge >= 0.3 is 0 Å². The Bertz CT molecular complexity index is 505. The number of aryl methyl sites for hydroxylation is 1. The van der Waals surface area contributed by atoms with E-state index in [1.165, 1.54) is 11.1 Å². The number of rotatable bonds is 0. The van der Waals surface area contributed by atoms with Gasteiger partial charge in [-0.1, -0.05) is 30.7 Å². The molecule has 1 aliphatic carbocycles. The van der Waals surface area contributed by atoms with E-state index in [9.17, 15) is 4.79 Å². The highest BCUT2D eigenvalue weighted by Crippen LogP contribution is 2.33. The molecular weight excluding hydrogens is 200 g/mol. The Morgan fingerprint density at radius 1 is 1.44 bits per heavy atom. The number of carbonyl (C=O) groups is 1. The van der Waals surface area contributed by atoms with Gasteiger partial charge in [-0.25, -0.2) is 5.43 Å². The van der Waals surface area contributed by atoms with Crippen molar-refractivity contribution < 1.29 is 4.79 Å². The highest BCUT2D eigenvalue weighted by molar-refractivity contribution is 6.17. The molecule has 0 saturated carbocycles. The Morgan fingerprint density at radius 2 is 2.25 bits per heavy atom. The van der Waals surface area contributed by atoms with E-state index in [-0.39, 0.29) is 11.8 Å². The van der Waals surface area contributed by atoms with Crippen molar-refractivity contribution in [3.05, 3.63) is 34.9 Å². The number of nitrogens with zero attached hydrogens (tertiary/aromatic N) is 1. The molecule has 0 radical (unpaired) electrons. The minimum Gasteiger partial charge on any atom is -0.272 e. The van der Waals surface area contributed by atoms with Crippen molar-refractivity contribution in [1.82, 2.24) is 5.43 Å². The fraction of sp³-hybridized carbons (Fsp3) is 0.385. The Balaban J connectivity index is 2.16. The van der Waals surface area contributed by atoms with E-state index in [0.717, 1.165) is 17.7 Å². The van der Waals surface area contributed by atoms with Crippen LogP contribution in [-0.2, 0) is 11.2 Å². The van der Waals surface area contributed by atoms with Gasteiger partial charge in [-0.15, -0.1) is 0 Å². The second kappa shape index (κ2) is 3.17. The molecule has 16 heavy (non-hydrogen) atoms. The van der Waals surface area contributed by atoms with Gasteiger partial charge in [-0.3, -0.25) is 4.79 Å². The number of hydrogen-bond acceptors (Lipinski definition) is 2. The summed E-state index contributed by atoms with van der Waals surface area (Å²) < 4.78 is 0. The third-order valence-corrected chi connectivity index (χ3v) is 3.51. The minimum atomic E-state index is -0.0461. The molecule has 3 rings (SSSR count). The third-order valence-electron chi connectivity index (χ3n) is 3.51. The fourth-order valence-corrected chi connectivity index (χ4v) is 2.74. The number of hydrazone groups is 1. The van der Waals surface area contributed by atoms with E-state index in [1.54, 1.807) is 0 Å². The molecule has 82 valence electrons. The zero-order valence-corrected chi connectivity index (χ0v) is 9.45. The van der Waals surface area contributed by atoms with E-state index in [2.05, 4.69) is 42.6 Å². The molecule has 0 spiro atoms. The normalized spacial score (nSPS) is 26.9. The molecule has 0 fully saturated rings. The van der Waals surface area contributed by atoms with Crippen molar-refractivity contribution in [2.75, 3.05) is 0 Å². The van der Waals surface area contributed by atoms with Gasteiger partial charge in [0.1, 0.15) is 0 Å². The van der Waals surface area contributed by atoms with Crippen LogP contribution in [0.5, 0.6) is 0 Å². The predicted octanol–water partition coefficient (Wildman–Crippen LogP) is 1.64. The smallest absolute Gasteiger partial charge is 0.249 e. The molecule has 1 amide bonds. The maximum atomic E-state index is 11.7. The number of carbonyl (C=O) groups excluding carboxylic acids is 1. The van der Waals surface area contributed by atoms with Crippen LogP contribution in [0, 0.1) is 18.8 Å². The van der Waals surface area contributed by atoms with E-state index in [4.69, 9.17) is 0 Å². The SMILES string of the molecule is Cc1ccc2c(c1)CC(C)C1C(=O)NN=C21. The average Bonchev–Trinajstić information content (AvgIpc) is 2.61. The maximum absolute atomic E-state index is 11.7. The number of fused-ring (bicyclic) bond motifs is 3. The molecule has 1 aliphatic heterocycles. The van der Waals surface area contributed by atoms with E-state index in [0.29, 0.717) is 5.92 Å². The zero-order valence-electron chi connectivity index (χ0n) is 9.45. The summed E-state index contributed by atoms with van der Waals surface area (Å²) in [5, 5.41) is 4.18. The first-order valence-corrected chi connectivity index (χ1v) is 5.64. The van der Waals surface area contributed by atoms with Gasteiger partial charge in [-0.2, -0.15) is 5.10 Å². The predicted molar refractivity (Wildman–Crippen MR) is 62.2 cm³/mol. The Hall–Kier alpha value is -1.64. The van der Waals surface area contributed by atoms with Crippen molar-refractivity contribution in [2.24, 2.45) is 16.9 Å². The molecule has 1 aromatic rings. The van der Waals surface area contributed by atoms with E-state index in [1.807, 2.05) is 0 Å². The van der Waals surface area contributed by atoms with Crippen LogP contribution in [-0.4, -0.2) is 11.6 Å². The molecular formula is C13H14N2O. The van der Waals surface area contributed by atoms with Crippen LogP contribution < -0.4 is 5.43 Å². The summed E-state index contributed by atoms with van der Waals surface area (Å²) in [5.41, 5.74) is 7.26. The van der Waals surface area contributed by atoms with Crippen LogP contribution in [0.3, 0.4) is 0 Å². The summed E-state index contributed by atoms with van der Waals surface area (Å²) in [7, 11) is 0. The fourth-order valence-electron chi connectivity index (χ4n) is 2.74. The van der Waals surface area contributed by atoms with Crippen LogP contribution in [0.25, 0.3) is 0 Å². The monoisotopic (exact) mass is 214 g/mol. The summed E-state index contributed by atoms with van der Waals surface area (Å²) in [6.45, 7) is 4.22. The lowest BCUT2D eigenvalue weighted by molar-refractivity contribution is -0.123. The van der Waals surface area contributed by atoms with Gasteiger partial charge in [0.2, 0.25) is 5.91 Å². The van der Waals surface area contributed by atoms with Gasteiger partial charge in [-0.05, 0) is 24.8 Å². The maximum Gasteiger partial charge on any atom is 0.249 e. The van der Waals surface area contributed by atoms with Gasteiger partial charge in [0.05, 0.1) is 11.6 Å². The van der Waals surface area contributed by atoms with Crippen LogP contribution in [0.1, 0.15) is 23.6 Å². The van der Waals surface area contributed by atoms with Crippen LogP contribution in [0.15, 0.2) is 23.3 Å². The minimum absolute atomic E-state index is 0.0461. The molecule has 1 heterocycles. The quantitative estimate of drug-likeness (QED) is 0.700. The Morgan fingerprint density at radius 3 is 3.06 bits per heavy atom. The third kappa shape index (κ3) is 1.21. The van der Waals surface area contributed by atoms with Crippen molar-refractivity contribution in [2.45, 2.75) is 20.3 Å². The van der Waals surface area contributed by atoms with Crippen LogP contribution in [0.4, 0.5) is 0 Å². The topological polar surface area (TPSA) is 41.5 Å². The summed E-state index contributed by atoms with van der Waals surface area (Å²) in [6, 6.07) is 6.37. The van der Waals surface area contributed by atoms with E-state index >= 15 is 0 Å². The molecule has 0 bridgehead atoms. The van der Waals surface area contributed by atoms with Gasteiger partial charge in [0, 0.05) is 5.56 Å². The standard InChI is InChI=1S/C13H14N2O/c1-7-3-4-10-9(5-7)6-8(2)11-12(10)14-15-13(11)16/h3-5,8,11H,6H2,1-2H3,(H,15,16).